The van der Waals surface area contributed by atoms with Gasteiger partial charge in [0.2, 0.25) is 5.82 Å². The molecule has 0 amide bonds. The molecule has 21 heavy (non-hydrogen) atoms. The zero-order valence-corrected chi connectivity index (χ0v) is 12.1. The van der Waals surface area contributed by atoms with Gasteiger partial charge in [0.15, 0.2) is 0 Å². The number of aryl methyl sites for hydroxylation is 1. The highest BCUT2D eigenvalue weighted by molar-refractivity contribution is 5.62. The molecule has 106 valence electrons. The Kier molecular flexibility index (Phi) is 3.69. The Morgan fingerprint density at radius 2 is 1.62 bits per heavy atom. The molecule has 0 fully saturated rings. The van der Waals surface area contributed by atoms with Gasteiger partial charge in [-0.2, -0.15) is 4.98 Å². The Bertz CT molecular complexity index is 653. The smallest absolute Gasteiger partial charge is 0.258 e. The highest BCUT2D eigenvalue weighted by Gasteiger charge is 2.10. The summed E-state index contributed by atoms with van der Waals surface area (Å²) in [6.45, 7) is 2.14. The highest BCUT2D eigenvalue weighted by atomic mass is 16.5. The summed E-state index contributed by atoms with van der Waals surface area (Å²) in [6.07, 6.45) is 1.02. The van der Waals surface area contributed by atoms with Crippen molar-refractivity contribution in [2.75, 3.05) is 12.4 Å². The minimum Gasteiger partial charge on any atom is -0.388 e. The van der Waals surface area contributed by atoms with Crippen LogP contribution in [0, 0.1) is 0 Å². The predicted molar refractivity (Wildman–Crippen MR) is 84.1 cm³/mol. The first-order valence-electron chi connectivity index (χ1n) is 7.01. The SMILES string of the molecule is CCc1ccc(-c2noc(-c3ccc(NC)cc3)n2)cc1. The Morgan fingerprint density at radius 1 is 0.952 bits per heavy atom. The number of nitrogens with one attached hydrogen (secondary N) is 1. The zero-order chi connectivity index (χ0) is 14.7. The average molecular weight is 279 g/mol. The molecule has 4 heteroatoms. The number of aromatic nitrogens is 2. The van der Waals surface area contributed by atoms with E-state index in [0.717, 1.165) is 23.2 Å². The number of hydrogen-bond acceptors (Lipinski definition) is 4. The lowest BCUT2D eigenvalue weighted by molar-refractivity contribution is 0.432. The molecule has 3 rings (SSSR count). The molecule has 0 aliphatic rings. The van der Waals surface area contributed by atoms with Crippen LogP contribution in [0.4, 0.5) is 5.69 Å². The molecule has 1 aromatic heterocycles. The van der Waals surface area contributed by atoms with Crippen molar-refractivity contribution in [1.82, 2.24) is 10.1 Å². The molecule has 0 unspecified atom stereocenters. The van der Waals surface area contributed by atoms with Crippen LogP contribution >= 0.6 is 0 Å². The highest BCUT2D eigenvalue weighted by Crippen LogP contribution is 2.23. The van der Waals surface area contributed by atoms with Crippen LogP contribution in [0.15, 0.2) is 53.1 Å². The fraction of sp³-hybridized carbons (Fsp3) is 0.176. The van der Waals surface area contributed by atoms with E-state index in [9.17, 15) is 0 Å². The van der Waals surface area contributed by atoms with Gasteiger partial charge in [-0.15, -0.1) is 0 Å². The summed E-state index contributed by atoms with van der Waals surface area (Å²) in [4.78, 5) is 4.46. The van der Waals surface area contributed by atoms with Gasteiger partial charge in [0.1, 0.15) is 0 Å². The van der Waals surface area contributed by atoms with Gasteiger partial charge in [-0.25, -0.2) is 0 Å². The van der Waals surface area contributed by atoms with Crippen molar-refractivity contribution in [1.29, 1.82) is 0 Å². The molecule has 0 bridgehead atoms. The minimum absolute atomic E-state index is 0.534. The van der Waals surface area contributed by atoms with Gasteiger partial charge in [0, 0.05) is 23.9 Å². The summed E-state index contributed by atoms with van der Waals surface area (Å²) < 4.78 is 5.35. The number of nitrogens with zero attached hydrogens (tertiary/aromatic N) is 2. The fourth-order valence-corrected chi connectivity index (χ4v) is 2.13. The van der Waals surface area contributed by atoms with Crippen molar-refractivity contribution in [3.8, 4) is 22.8 Å². The first-order valence-corrected chi connectivity index (χ1v) is 7.01. The van der Waals surface area contributed by atoms with Crippen molar-refractivity contribution in [3.63, 3.8) is 0 Å². The van der Waals surface area contributed by atoms with E-state index in [4.69, 9.17) is 4.52 Å². The van der Waals surface area contributed by atoms with Gasteiger partial charge in [0.25, 0.3) is 5.89 Å². The second kappa shape index (κ2) is 5.79. The van der Waals surface area contributed by atoms with E-state index in [2.05, 4.69) is 34.5 Å². The van der Waals surface area contributed by atoms with Crippen molar-refractivity contribution in [2.24, 2.45) is 0 Å². The number of anilines is 1. The van der Waals surface area contributed by atoms with Crippen molar-refractivity contribution in [2.45, 2.75) is 13.3 Å². The molecule has 3 aromatic rings. The van der Waals surface area contributed by atoms with E-state index in [0.29, 0.717) is 11.7 Å². The van der Waals surface area contributed by atoms with E-state index in [1.165, 1.54) is 5.56 Å². The molecule has 2 aromatic carbocycles. The standard InChI is InChI=1S/C17H17N3O/c1-3-12-4-6-13(7-5-12)16-19-17(21-20-16)14-8-10-15(18-2)11-9-14/h4-11,18H,3H2,1-2H3. The van der Waals surface area contributed by atoms with Crippen molar-refractivity contribution < 1.29 is 4.52 Å². The monoisotopic (exact) mass is 279 g/mol. The van der Waals surface area contributed by atoms with Gasteiger partial charge in [0.05, 0.1) is 0 Å². The molecule has 1 heterocycles. The summed E-state index contributed by atoms with van der Waals surface area (Å²) in [5, 5.41) is 7.14. The van der Waals surface area contributed by atoms with Gasteiger partial charge >= 0.3 is 0 Å². The maximum atomic E-state index is 5.35. The minimum atomic E-state index is 0.534. The lowest BCUT2D eigenvalue weighted by Crippen LogP contribution is -1.87. The summed E-state index contributed by atoms with van der Waals surface area (Å²) in [5.74, 6) is 1.15. The van der Waals surface area contributed by atoms with Crippen LogP contribution < -0.4 is 5.32 Å². The molecule has 0 aliphatic heterocycles. The topological polar surface area (TPSA) is 51.0 Å². The van der Waals surface area contributed by atoms with Gasteiger partial charge in [-0.3, -0.25) is 0 Å². The van der Waals surface area contributed by atoms with Crippen LogP contribution in [0.25, 0.3) is 22.8 Å². The molecule has 4 nitrogen and oxygen atoms in total. The molecular formula is C17H17N3O. The Balaban J connectivity index is 1.87. The van der Waals surface area contributed by atoms with Gasteiger partial charge in [-0.05, 0) is 36.2 Å². The van der Waals surface area contributed by atoms with Gasteiger partial charge < -0.3 is 9.84 Å². The maximum Gasteiger partial charge on any atom is 0.258 e. The van der Waals surface area contributed by atoms with Crippen molar-refractivity contribution in [3.05, 3.63) is 54.1 Å². The number of hydrogen-bond donors (Lipinski definition) is 1. The third kappa shape index (κ3) is 2.79. The maximum absolute atomic E-state index is 5.35. The van der Waals surface area contributed by atoms with Crippen LogP contribution in [-0.2, 0) is 6.42 Å². The molecule has 0 atom stereocenters. The molecule has 0 aliphatic carbocycles. The third-order valence-corrected chi connectivity index (χ3v) is 3.47. The van der Waals surface area contributed by atoms with Crippen LogP contribution in [0.2, 0.25) is 0 Å². The average Bonchev–Trinajstić information content (AvgIpc) is 3.05. The van der Waals surface area contributed by atoms with E-state index in [-0.39, 0.29) is 0 Å². The van der Waals surface area contributed by atoms with Crippen LogP contribution in [-0.4, -0.2) is 17.2 Å². The predicted octanol–water partition coefficient (Wildman–Crippen LogP) is 4.01. The van der Waals surface area contributed by atoms with Gasteiger partial charge in [-0.1, -0.05) is 36.3 Å². The Hall–Kier alpha value is -2.62. The fourth-order valence-electron chi connectivity index (χ4n) is 2.13. The second-order valence-electron chi connectivity index (χ2n) is 4.80. The quantitative estimate of drug-likeness (QED) is 0.784. The van der Waals surface area contributed by atoms with E-state index < -0.39 is 0 Å². The lowest BCUT2D eigenvalue weighted by atomic mass is 10.1. The first-order chi connectivity index (χ1) is 10.3. The van der Waals surface area contributed by atoms with E-state index in [1.54, 1.807) is 0 Å². The Labute approximate surface area is 123 Å². The molecule has 0 saturated carbocycles. The van der Waals surface area contributed by atoms with Crippen LogP contribution in [0.5, 0.6) is 0 Å². The van der Waals surface area contributed by atoms with Crippen LogP contribution in [0.1, 0.15) is 12.5 Å². The molecule has 0 radical (unpaired) electrons. The summed E-state index contributed by atoms with van der Waals surface area (Å²) in [5.41, 5.74) is 4.23. The third-order valence-electron chi connectivity index (χ3n) is 3.47. The molecule has 0 spiro atoms. The normalized spacial score (nSPS) is 10.6. The summed E-state index contributed by atoms with van der Waals surface area (Å²) in [6, 6.07) is 16.1. The second-order valence-corrected chi connectivity index (χ2v) is 4.80. The zero-order valence-electron chi connectivity index (χ0n) is 12.1. The van der Waals surface area contributed by atoms with Crippen LogP contribution in [0.3, 0.4) is 0 Å². The summed E-state index contributed by atoms with van der Waals surface area (Å²) in [7, 11) is 1.89. The Morgan fingerprint density at radius 3 is 2.24 bits per heavy atom. The molecule has 1 N–H and O–H groups in total. The summed E-state index contributed by atoms with van der Waals surface area (Å²) >= 11 is 0. The number of rotatable bonds is 4. The molecular weight excluding hydrogens is 262 g/mol. The number of benzene rings is 2. The molecule has 0 saturated heterocycles. The van der Waals surface area contributed by atoms with E-state index in [1.807, 2.05) is 43.4 Å². The van der Waals surface area contributed by atoms with E-state index >= 15 is 0 Å². The first kappa shape index (κ1) is 13.4. The largest absolute Gasteiger partial charge is 0.388 e. The van der Waals surface area contributed by atoms with Crippen molar-refractivity contribution >= 4 is 5.69 Å². The lowest BCUT2D eigenvalue weighted by Gasteiger charge is -1.99.